The number of hydrogen-bond donors (Lipinski definition) is 1. The summed E-state index contributed by atoms with van der Waals surface area (Å²) in [6.07, 6.45) is 3.60. The van der Waals surface area contributed by atoms with E-state index in [1.165, 1.54) is 18.5 Å². The first-order chi connectivity index (χ1) is 11.8. The fourth-order valence-electron chi connectivity index (χ4n) is 3.14. The lowest BCUT2D eigenvalue weighted by Crippen LogP contribution is -2.18. The summed E-state index contributed by atoms with van der Waals surface area (Å²) in [5, 5.41) is 3.01. The Labute approximate surface area is 143 Å². The number of carbonyl (C=O) groups excluding carboxylic acids is 1. The smallest absolute Gasteiger partial charge is 0.224 e. The van der Waals surface area contributed by atoms with Gasteiger partial charge in [0.15, 0.2) is 0 Å². The van der Waals surface area contributed by atoms with Crippen LogP contribution in [0.1, 0.15) is 24.8 Å². The van der Waals surface area contributed by atoms with Gasteiger partial charge in [0.25, 0.3) is 0 Å². The summed E-state index contributed by atoms with van der Waals surface area (Å²) in [5.74, 6) is 0.862. The van der Waals surface area contributed by atoms with Gasteiger partial charge in [0.1, 0.15) is 5.75 Å². The Bertz CT molecular complexity index is 694. The van der Waals surface area contributed by atoms with E-state index < -0.39 is 0 Å². The maximum Gasteiger partial charge on any atom is 0.224 e. The molecular weight excluding hydrogens is 300 g/mol. The number of rotatable bonds is 6. The number of para-hydroxylation sites is 1. The van der Waals surface area contributed by atoms with E-state index in [1.807, 2.05) is 36.4 Å². The molecular formula is C20H24N2O2. The fourth-order valence-corrected chi connectivity index (χ4v) is 3.14. The number of benzene rings is 2. The predicted octanol–water partition coefficient (Wildman–Crippen LogP) is 3.87. The molecule has 0 atom stereocenters. The Balaban J connectivity index is 1.57. The lowest BCUT2D eigenvalue weighted by Gasteiger charge is -2.18. The van der Waals surface area contributed by atoms with Crippen molar-refractivity contribution in [2.45, 2.75) is 25.7 Å². The van der Waals surface area contributed by atoms with E-state index in [9.17, 15) is 4.79 Å². The van der Waals surface area contributed by atoms with Crippen molar-refractivity contribution in [3.8, 4) is 5.75 Å². The highest BCUT2D eigenvalue weighted by atomic mass is 16.5. The van der Waals surface area contributed by atoms with Gasteiger partial charge in [0, 0.05) is 30.9 Å². The van der Waals surface area contributed by atoms with Crippen molar-refractivity contribution in [3.05, 3.63) is 54.1 Å². The van der Waals surface area contributed by atoms with Crippen molar-refractivity contribution >= 4 is 17.3 Å². The minimum atomic E-state index is 0.0273. The maximum absolute atomic E-state index is 12.3. The number of hydrogen-bond acceptors (Lipinski definition) is 3. The first-order valence-electron chi connectivity index (χ1n) is 8.53. The molecule has 0 bridgehead atoms. The Morgan fingerprint density at radius 2 is 1.92 bits per heavy atom. The molecule has 3 rings (SSSR count). The number of nitrogens with zero attached hydrogens (tertiary/aromatic N) is 1. The third-order valence-electron chi connectivity index (χ3n) is 4.42. The van der Waals surface area contributed by atoms with Crippen LogP contribution in [0.3, 0.4) is 0 Å². The van der Waals surface area contributed by atoms with Crippen LogP contribution in [-0.4, -0.2) is 26.1 Å². The quantitative estimate of drug-likeness (QED) is 0.877. The molecule has 1 amide bonds. The Hall–Kier alpha value is -2.49. The van der Waals surface area contributed by atoms with E-state index in [4.69, 9.17) is 4.74 Å². The van der Waals surface area contributed by atoms with E-state index in [0.29, 0.717) is 12.8 Å². The fraction of sp³-hybridized carbons (Fsp3) is 0.350. The molecule has 0 aliphatic carbocycles. The zero-order valence-electron chi connectivity index (χ0n) is 14.1. The number of nitrogens with one attached hydrogen (secondary N) is 1. The van der Waals surface area contributed by atoms with Crippen LogP contribution in [0, 0.1) is 0 Å². The first kappa shape index (κ1) is 16.4. The Morgan fingerprint density at radius 1 is 1.12 bits per heavy atom. The average Bonchev–Trinajstić information content (AvgIpc) is 3.15. The van der Waals surface area contributed by atoms with Crippen LogP contribution in [-0.2, 0) is 11.2 Å². The lowest BCUT2D eigenvalue weighted by atomic mass is 10.1. The van der Waals surface area contributed by atoms with Crippen LogP contribution in [0.25, 0.3) is 0 Å². The molecule has 4 heteroatoms. The van der Waals surface area contributed by atoms with E-state index in [1.54, 1.807) is 7.11 Å². The number of methoxy groups -OCH3 is 1. The molecule has 1 aliphatic rings. The maximum atomic E-state index is 12.3. The average molecular weight is 324 g/mol. The molecule has 24 heavy (non-hydrogen) atoms. The van der Waals surface area contributed by atoms with E-state index in [-0.39, 0.29) is 5.91 Å². The molecule has 1 N–H and O–H groups in total. The molecule has 2 aromatic carbocycles. The molecule has 1 saturated heterocycles. The van der Waals surface area contributed by atoms with Gasteiger partial charge in [-0.2, -0.15) is 0 Å². The van der Waals surface area contributed by atoms with E-state index in [0.717, 1.165) is 30.1 Å². The topological polar surface area (TPSA) is 41.6 Å². The number of ether oxygens (including phenoxy) is 1. The van der Waals surface area contributed by atoms with Crippen LogP contribution in [0.5, 0.6) is 5.75 Å². The van der Waals surface area contributed by atoms with Gasteiger partial charge in [-0.3, -0.25) is 4.79 Å². The first-order valence-corrected chi connectivity index (χ1v) is 8.53. The Kier molecular flexibility index (Phi) is 5.36. The van der Waals surface area contributed by atoms with Gasteiger partial charge in [-0.15, -0.1) is 0 Å². The van der Waals surface area contributed by atoms with Crippen LogP contribution in [0.2, 0.25) is 0 Å². The van der Waals surface area contributed by atoms with Gasteiger partial charge in [0.2, 0.25) is 5.91 Å². The molecule has 1 fully saturated rings. The monoisotopic (exact) mass is 324 g/mol. The second-order valence-electron chi connectivity index (χ2n) is 6.10. The molecule has 4 nitrogen and oxygen atoms in total. The molecule has 0 spiro atoms. The molecule has 0 unspecified atom stereocenters. The summed E-state index contributed by atoms with van der Waals surface area (Å²) < 4.78 is 5.33. The zero-order chi connectivity index (χ0) is 16.8. The standard InChI is InChI=1S/C20H24N2O2/c1-24-19-10-3-2-7-16(19)11-12-20(23)21-17-8-6-9-18(15-17)22-13-4-5-14-22/h2-3,6-10,15H,4-5,11-14H2,1H3,(H,21,23). The van der Waals surface area contributed by atoms with Gasteiger partial charge >= 0.3 is 0 Å². The lowest BCUT2D eigenvalue weighted by molar-refractivity contribution is -0.116. The van der Waals surface area contributed by atoms with Gasteiger partial charge < -0.3 is 15.0 Å². The highest BCUT2D eigenvalue weighted by Gasteiger charge is 2.13. The molecule has 0 radical (unpaired) electrons. The third kappa shape index (κ3) is 4.07. The number of aryl methyl sites for hydroxylation is 1. The summed E-state index contributed by atoms with van der Waals surface area (Å²) >= 11 is 0. The molecule has 0 aromatic heterocycles. The summed E-state index contributed by atoms with van der Waals surface area (Å²) in [6.45, 7) is 2.20. The van der Waals surface area contributed by atoms with Crippen LogP contribution < -0.4 is 15.0 Å². The van der Waals surface area contributed by atoms with Gasteiger partial charge in [-0.25, -0.2) is 0 Å². The minimum absolute atomic E-state index is 0.0273. The molecule has 1 heterocycles. The largest absolute Gasteiger partial charge is 0.496 e. The normalized spacial score (nSPS) is 13.8. The highest BCUT2D eigenvalue weighted by molar-refractivity contribution is 5.91. The van der Waals surface area contributed by atoms with E-state index >= 15 is 0 Å². The number of anilines is 2. The number of carbonyl (C=O) groups is 1. The van der Waals surface area contributed by atoms with Crippen LogP contribution >= 0.6 is 0 Å². The second-order valence-corrected chi connectivity index (χ2v) is 6.10. The highest BCUT2D eigenvalue weighted by Crippen LogP contribution is 2.24. The van der Waals surface area contributed by atoms with Crippen molar-refractivity contribution in [1.29, 1.82) is 0 Å². The van der Waals surface area contributed by atoms with Crippen molar-refractivity contribution in [1.82, 2.24) is 0 Å². The third-order valence-corrected chi connectivity index (χ3v) is 4.42. The van der Waals surface area contributed by atoms with Gasteiger partial charge in [0.05, 0.1) is 7.11 Å². The van der Waals surface area contributed by atoms with E-state index in [2.05, 4.69) is 22.3 Å². The zero-order valence-corrected chi connectivity index (χ0v) is 14.1. The van der Waals surface area contributed by atoms with Crippen molar-refractivity contribution in [2.75, 3.05) is 30.4 Å². The predicted molar refractivity (Wildman–Crippen MR) is 97.8 cm³/mol. The summed E-state index contributed by atoms with van der Waals surface area (Å²) in [6, 6.07) is 15.9. The van der Waals surface area contributed by atoms with Gasteiger partial charge in [-0.05, 0) is 49.1 Å². The van der Waals surface area contributed by atoms with Crippen molar-refractivity contribution in [3.63, 3.8) is 0 Å². The molecule has 2 aromatic rings. The summed E-state index contributed by atoms with van der Waals surface area (Å²) in [5.41, 5.74) is 3.11. The Morgan fingerprint density at radius 3 is 2.71 bits per heavy atom. The SMILES string of the molecule is COc1ccccc1CCC(=O)Nc1cccc(N2CCCC2)c1. The summed E-state index contributed by atoms with van der Waals surface area (Å²) in [4.78, 5) is 14.6. The number of amides is 1. The van der Waals surface area contributed by atoms with Crippen molar-refractivity contribution in [2.24, 2.45) is 0 Å². The minimum Gasteiger partial charge on any atom is -0.496 e. The molecule has 126 valence electrons. The van der Waals surface area contributed by atoms with Crippen molar-refractivity contribution < 1.29 is 9.53 Å². The molecule has 0 saturated carbocycles. The van der Waals surface area contributed by atoms with Crippen LogP contribution in [0.15, 0.2) is 48.5 Å². The molecule has 1 aliphatic heterocycles. The second kappa shape index (κ2) is 7.86. The van der Waals surface area contributed by atoms with Crippen LogP contribution in [0.4, 0.5) is 11.4 Å². The summed E-state index contributed by atoms with van der Waals surface area (Å²) in [7, 11) is 1.66. The van der Waals surface area contributed by atoms with Gasteiger partial charge in [-0.1, -0.05) is 24.3 Å².